The van der Waals surface area contributed by atoms with Crippen LogP contribution in [0.3, 0.4) is 0 Å². The van der Waals surface area contributed by atoms with E-state index in [0.717, 1.165) is 17.5 Å². The molecule has 2 amide bonds. The average Bonchev–Trinajstić information content (AvgIpc) is 2.83. The van der Waals surface area contributed by atoms with Crippen molar-refractivity contribution in [2.24, 2.45) is 0 Å². The van der Waals surface area contributed by atoms with E-state index in [1.807, 2.05) is 66.7 Å². The zero-order valence-electron chi connectivity index (χ0n) is 17.6. The quantitative estimate of drug-likeness (QED) is 0.576. The molecule has 0 bridgehead atoms. The average molecular weight is 414 g/mol. The van der Waals surface area contributed by atoms with Crippen LogP contribution >= 0.6 is 0 Å². The highest BCUT2D eigenvalue weighted by Crippen LogP contribution is 2.20. The summed E-state index contributed by atoms with van der Waals surface area (Å²) in [5.41, 5.74) is 5.03. The number of hydrogen-bond acceptors (Lipinski definition) is 3. The third kappa shape index (κ3) is 5.01. The molecule has 1 heterocycles. The van der Waals surface area contributed by atoms with Gasteiger partial charge in [0.05, 0.1) is 6.04 Å². The van der Waals surface area contributed by atoms with Gasteiger partial charge in [-0.05, 0) is 47.2 Å². The Morgan fingerprint density at radius 2 is 1.61 bits per heavy atom. The smallest absolute Gasteiger partial charge is 0.251 e. The highest BCUT2D eigenvalue weighted by atomic mass is 16.2. The molecule has 0 saturated heterocycles. The van der Waals surface area contributed by atoms with Gasteiger partial charge in [-0.15, -0.1) is 0 Å². The van der Waals surface area contributed by atoms with Crippen molar-refractivity contribution < 1.29 is 9.59 Å². The first kappa shape index (κ1) is 20.8. The third-order valence-corrected chi connectivity index (χ3v) is 5.71. The number of hydrogen-bond donors (Lipinski definition) is 3. The second kappa shape index (κ2) is 9.58. The number of anilines is 1. The molecule has 1 aliphatic rings. The van der Waals surface area contributed by atoms with Gasteiger partial charge in [0.25, 0.3) is 5.91 Å². The molecule has 1 aliphatic heterocycles. The van der Waals surface area contributed by atoms with Gasteiger partial charge >= 0.3 is 0 Å². The number of rotatable bonds is 6. The molecular formula is C26H27N3O2. The van der Waals surface area contributed by atoms with Crippen molar-refractivity contribution in [1.29, 1.82) is 0 Å². The molecule has 0 fully saturated rings. The van der Waals surface area contributed by atoms with Gasteiger partial charge in [-0.1, -0.05) is 73.7 Å². The van der Waals surface area contributed by atoms with Gasteiger partial charge in [-0.25, -0.2) is 0 Å². The zero-order chi connectivity index (χ0) is 21.6. The number of carbonyl (C=O) groups is 2. The number of amides is 2. The Kier molecular flexibility index (Phi) is 6.43. The second-order valence-electron chi connectivity index (χ2n) is 7.80. The van der Waals surface area contributed by atoms with Crippen LogP contribution in [0.2, 0.25) is 0 Å². The Morgan fingerprint density at radius 3 is 2.32 bits per heavy atom. The molecule has 0 unspecified atom stereocenters. The predicted octanol–water partition coefficient (Wildman–Crippen LogP) is 3.76. The van der Waals surface area contributed by atoms with Gasteiger partial charge < -0.3 is 16.0 Å². The predicted molar refractivity (Wildman–Crippen MR) is 123 cm³/mol. The lowest BCUT2D eigenvalue weighted by Gasteiger charge is -2.27. The molecule has 3 aromatic rings. The van der Waals surface area contributed by atoms with Crippen molar-refractivity contribution >= 4 is 17.5 Å². The second-order valence-corrected chi connectivity index (χ2v) is 7.80. The number of aryl methyl sites for hydroxylation is 1. The molecule has 0 radical (unpaired) electrons. The van der Waals surface area contributed by atoms with E-state index >= 15 is 0 Å². The zero-order valence-corrected chi connectivity index (χ0v) is 17.6. The van der Waals surface area contributed by atoms with Gasteiger partial charge in [-0.2, -0.15) is 0 Å². The van der Waals surface area contributed by atoms with Crippen molar-refractivity contribution in [2.75, 3.05) is 5.32 Å². The first-order valence-corrected chi connectivity index (χ1v) is 10.7. The van der Waals surface area contributed by atoms with E-state index in [2.05, 4.69) is 35.0 Å². The van der Waals surface area contributed by atoms with E-state index < -0.39 is 6.04 Å². The SMILES string of the molecule is CCc1ccc(NC(=O)[C@H](NC(=O)[C@@H]2Cc3ccccc3CN2)c2ccccc2)cc1. The number of benzene rings is 3. The Morgan fingerprint density at radius 1 is 0.935 bits per heavy atom. The van der Waals surface area contributed by atoms with Gasteiger partial charge in [0, 0.05) is 12.2 Å². The lowest BCUT2D eigenvalue weighted by atomic mass is 9.95. The van der Waals surface area contributed by atoms with Crippen LogP contribution in [0.4, 0.5) is 5.69 Å². The standard InChI is InChI=1S/C26H27N3O2/c1-2-18-12-14-22(15-13-18)28-26(31)24(19-8-4-3-5-9-19)29-25(30)23-16-20-10-6-7-11-21(20)17-27-23/h3-15,23-24,27H,2,16-17H2,1H3,(H,28,31)(H,29,30)/t23-,24+/m0/s1. The van der Waals surface area contributed by atoms with Crippen LogP contribution in [-0.2, 0) is 29.0 Å². The van der Waals surface area contributed by atoms with E-state index in [0.29, 0.717) is 18.7 Å². The van der Waals surface area contributed by atoms with Crippen LogP contribution < -0.4 is 16.0 Å². The molecule has 0 aliphatic carbocycles. The Hall–Kier alpha value is -3.44. The van der Waals surface area contributed by atoms with Crippen molar-refractivity contribution in [1.82, 2.24) is 10.6 Å². The highest BCUT2D eigenvalue weighted by Gasteiger charge is 2.29. The van der Waals surface area contributed by atoms with E-state index in [9.17, 15) is 9.59 Å². The van der Waals surface area contributed by atoms with Crippen LogP contribution in [0.25, 0.3) is 0 Å². The van der Waals surface area contributed by atoms with Crippen molar-refractivity contribution in [3.05, 3.63) is 101 Å². The Bertz CT molecular complexity index is 1050. The number of carbonyl (C=O) groups excluding carboxylic acids is 2. The fourth-order valence-electron chi connectivity index (χ4n) is 3.87. The van der Waals surface area contributed by atoms with E-state index in [-0.39, 0.29) is 17.9 Å². The molecule has 5 heteroatoms. The minimum atomic E-state index is -0.779. The summed E-state index contributed by atoms with van der Waals surface area (Å²) < 4.78 is 0. The molecule has 158 valence electrons. The molecule has 4 rings (SSSR count). The van der Waals surface area contributed by atoms with Gasteiger partial charge in [0.15, 0.2) is 0 Å². The van der Waals surface area contributed by atoms with Gasteiger partial charge in [0.2, 0.25) is 5.91 Å². The topological polar surface area (TPSA) is 70.2 Å². The molecule has 0 spiro atoms. The minimum Gasteiger partial charge on any atom is -0.339 e. The maximum atomic E-state index is 13.1. The maximum absolute atomic E-state index is 13.1. The summed E-state index contributed by atoms with van der Waals surface area (Å²) in [7, 11) is 0. The maximum Gasteiger partial charge on any atom is 0.251 e. The summed E-state index contributed by atoms with van der Waals surface area (Å²) in [6.45, 7) is 2.73. The normalized spacial score (nSPS) is 16.1. The highest BCUT2D eigenvalue weighted by molar-refractivity contribution is 5.98. The van der Waals surface area contributed by atoms with Gasteiger partial charge in [0.1, 0.15) is 6.04 Å². The third-order valence-electron chi connectivity index (χ3n) is 5.71. The van der Waals surface area contributed by atoms with Crippen LogP contribution in [0, 0.1) is 0 Å². The van der Waals surface area contributed by atoms with E-state index in [4.69, 9.17) is 0 Å². The molecule has 3 aromatic carbocycles. The lowest BCUT2D eigenvalue weighted by Crippen LogP contribution is -2.50. The van der Waals surface area contributed by atoms with Gasteiger partial charge in [-0.3, -0.25) is 9.59 Å². The van der Waals surface area contributed by atoms with Crippen LogP contribution in [0.5, 0.6) is 0 Å². The first-order chi connectivity index (χ1) is 15.1. The summed E-state index contributed by atoms with van der Waals surface area (Å²) in [6.07, 6.45) is 1.54. The van der Waals surface area contributed by atoms with E-state index in [1.54, 1.807) is 0 Å². The molecule has 0 aromatic heterocycles. The summed E-state index contributed by atoms with van der Waals surface area (Å²) in [4.78, 5) is 26.2. The molecule has 31 heavy (non-hydrogen) atoms. The summed E-state index contributed by atoms with van der Waals surface area (Å²) in [6, 6.07) is 24.1. The summed E-state index contributed by atoms with van der Waals surface area (Å²) in [5.74, 6) is -0.445. The molecule has 0 saturated carbocycles. The number of fused-ring (bicyclic) bond motifs is 1. The number of nitrogens with one attached hydrogen (secondary N) is 3. The monoisotopic (exact) mass is 413 g/mol. The molecule has 3 N–H and O–H groups in total. The van der Waals surface area contributed by atoms with Crippen LogP contribution in [0.15, 0.2) is 78.9 Å². The minimum absolute atomic E-state index is 0.181. The molecule has 2 atom stereocenters. The Balaban J connectivity index is 1.50. The van der Waals surface area contributed by atoms with Crippen LogP contribution in [0.1, 0.15) is 35.2 Å². The summed E-state index contributed by atoms with van der Waals surface area (Å²) >= 11 is 0. The largest absolute Gasteiger partial charge is 0.339 e. The Labute approximate surface area is 182 Å². The van der Waals surface area contributed by atoms with Crippen LogP contribution in [-0.4, -0.2) is 17.9 Å². The van der Waals surface area contributed by atoms with Crippen molar-refractivity contribution in [2.45, 2.75) is 38.4 Å². The first-order valence-electron chi connectivity index (χ1n) is 10.7. The van der Waals surface area contributed by atoms with Crippen molar-refractivity contribution in [3.8, 4) is 0 Å². The molecule has 5 nitrogen and oxygen atoms in total. The lowest BCUT2D eigenvalue weighted by molar-refractivity contribution is -0.128. The summed E-state index contributed by atoms with van der Waals surface area (Å²) in [5, 5.41) is 9.19. The fourth-order valence-corrected chi connectivity index (χ4v) is 3.87. The van der Waals surface area contributed by atoms with E-state index in [1.165, 1.54) is 11.1 Å². The fraction of sp³-hybridized carbons (Fsp3) is 0.231. The van der Waals surface area contributed by atoms with Crippen molar-refractivity contribution in [3.63, 3.8) is 0 Å². The molecular weight excluding hydrogens is 386 g/mol.